The van der Waals surface area contributed by atoms with Gasteiger partial charge in [0.15, 0.2) is 0 Å². The number of H-pyrrole nitrogens is 1. The van der Waals surface area contributed by atoms with Crippen molar-refractivity contribution in [3.8, 4) is 11.5 Å². The Morgan fingerprint density at radius 3 is 2.55 bits per heavy atom. The van der Waals surface area contributed by atoms with Gasteiger partial charge in [0, 0.05) is 29.1 Å². The van der Waals surface area contributed by atoms with E-state index in [9.17, 15) is 9.59 Å². The smallest absolute Gasteiger partial charge is 0.250 e. The number of rotatable bonds is 10. The molecule has 1 aliphatic carbocycles. The quantitative estimate of drug-likeness (QED) is 0.197. The molecule has 0 spiro atoms. The molecule has 4 aromatic rings. The number of furan rings is 1. The van der Waals surface area contributed by atoms with Crippen molar-refractivity contribution in [2.45, 2.75) is 58.0 Å². The number of hydrogen-bond donors (Lipinski definition) is 2. The highest BCUT2D eigenvalue weighted by Crippen LogP contribution is 2.67. The zero-order valence-corrected chi connectivity index (χ0v) is 26.9. The van der Waals surface area contributed by atoms with Gasteiger partial charge in [-0.3, -0.25) is 9.59 Å². The summed E-state index contributed by atoms with van der Waals surface area (Å²) < 4.78 is 16.7. The van der Waals surface area contributed by atoms with Crippen LogP contribution in [0.3, 0.4) is 0 Å². The van der Waals surface area contributed by atoms with Gasteiger partial charge in [-0.1, -0.05) is 32.0 Å². The molecule has 6 rings (SSSR count). The maximum atomic E-state index is 14.6. The van der Waals surface area contributed by atoms with Crippen molar-refractivity contribution in [1.29, 1.82) is 0 Å². The molecule has 232 valence electrons. The molecular formula is C35H41N3O5S. The number of fused-ring (bicyclic) bond motifs is 1. The molecule has 44 heavy (non-hydrogen) atoms. The van der Waals surface area contributed by atoms with Gasteiger partial charge in [0.25, 0.3) is 5.91 Å². The summed E-state index contributed by atoms with van der Waals surface area (Å²) in [5.74, 6) is 3.50. The SMILES string of the molecule is COc1ccc(NC(=O)C2(N(Cc3ccco3)C(=O)C[C@H]3[C@@H](c4c(C)[nH]c5ccccc45)C3(C)C)CCSCC2)c(OC)c1. The number of aryl methyl sites for hydroxylation is 1. The number of para-hydroxylation sites is 1. The molecule has 0 bridgehead atoms. The number of benzene rings is 2. The van der Waals surface area contributed by atoms with E-state index < -0.39 is 5.54 Å². The first-order valence-electron chi connectivity index (χ1n) is 15.2. The molecule has 2 fully saturated rings. The number of nitrogens with zero attached hydrogens (tertiary/aromatic N) is 1. The van der Waals surface area contributed by atoms with Crippen molar-refractivity contribution in [3.63, 3.8) is 0 Å². The lowest BCUT2D eigenvalue weighted by Crippen LogP contribution is -2.60. The Bertz CT molecular complexity index is 1650. The van der Waals surface area contributed by atoms with Gasteiger partial charge in [-0.05, 0) is 84.4 Å². The molecule has 2 N–H and O–H groups in total. The summed E-state index contributed by atoms with van der Waals surface area (Å²) in [6.07, 6.45) is 3.07. The third-order valence-corrected chi connectivity index (χ3v) is 10.8. The van der Waals surface area contributed by atoms with E-state index >= 15 is 0 Å². The van der Waals surface area contributed by atoms with E-state index in [2.05, 4.69) is 49.3 Å². The van der Waals surface area contributed by atoms with E-state index in [4.69, 9.17) is 13.9 Å². The fourth-order valence-corrected chi connectivity index (χ4v) is 8.37. The first-order valence-corrected chi connectivity index (χ1v) is 16.4. The fourth-order valence-electron chi connectivity index (χ4n) is 7.20. The Morgan fingerprint density at radius 2 is 1.84 bits per heavy atom. The summed E-state index contributed by atoms with van der Waals surface area (Å²) in [6, 6.07) is 17.4. The highest BCUT2D eigenvalue weighted by atomic mass is 32.2. The number of carbonyl (C=O) groups is 2. The van der Waals surface area contributed by atoms with Crippen LogP contribution in [0.25, 0.3) is 10.9 Å². The van der Waals surface area contributed by atoms with Crippen LogP contribution >= 0.6 is 11.8 Å². The zero-order chi connectivity index (χ0) is 31.1. The number of nitrogens with one attached hydrogen (secondary N) is 2. The molecule has 0 unspecified atom stereocenters. The first kappa shape index (κ1) is 30.2. The number of thioether (sulfide) groups is 1. The molecule has 3 heterocycles. The van der Waals surface area contributed by atoms with Crippen molar-refractivity contribution in [1.82, 2.24) is 9.88 Å². The third kappa shape index (κ3) is 5.36. The monoisotopic (exact) mass is 615 g/mol. The van der Waals surface area contributed by atoms with Crippen molar-refractivity contribution >= 4 is 40.2 Å². The third-order valence-electron chi connectivity index (χ3n) is 9.81. The van der Waals surface area contributed by atoms with Crippen molar-refractivity contribution < 1.29 is 23.5 Å². The summed E-state index contributed by atoms with van der Waals surface area (Å²) in [6.45, 7) is 6.86. The van der Waals surface area contributed by atoms with Crippen LogP contribution in [-0.4, -0.2) is 53.0 Å². The summed E-state index contributed by atoms with van der Waals surface area (Å²) in [7, 11) is 3.15. The minimum absolute atomic E-state index is 0.0248. The van der Waals surface area contributed by atoms with Crippen LogP contribution in [0.1, 0.15) is 56.0 Å². The summed E-state index contributed by atoms with van der Waals surface area (Å²) in [5.41, 5.74) is 3.02. The number of aromatic nitrogens is 1. The van der Waals surface area contributed by atoms with Crippen molar-refractivity contribution in [2.75, 3.05) is 31.0 Å². The van der Waals surface area contributed by atoms with Crippen LogP contribution in [-0.2, 0) is 16.1 Å². The second kappa shape index (κ2) is 11.9. The number of hydrogen-bond acceptors (Lipinski definition) is 6. The molecule has 2 aromatic carbocycles. The van der Waals surface area contributed by atoms with Gasteiger partial charge < -0.3 is 29.1 Å². The molecule has 9 heteroatoms. The van der Waals surface area contributed by atoms with Gasteiger partial charge in [-0.15, -0.1) is 0 Å². The predicted octanol–water partition coefficient (Wildman–Crippen LogP) is 7.15. The van der Waals surface area contributed by atoms with Gasteiger partial charge in [-0.2, -0.15) is 11.8 Å². The average molecular weight is 616 g/mol. The molecule has 8 nitrogen and oxygen atoms in total. The molecule has 2 aromatic heterocycles. The van der Waals surface area contributed by atoms with E-state index in [0.717, 1.165) is 22.7 Å². The summed E-state index contributed by atoms with van der Waals surface area (Å²) >= 11 is 1.81. The van der Waals surface area contributed by atoms with Crippen LogP contribution < -0.4 is 14.8 Å². The van der Waals surface area contributed by atoms with E-state index in [1.165, 1.54) is 10.9 Å². The molecule has 1 saturated carbocycles. The number of aromatic amines is 1. The van der Waals surface area contributed by atoms with Crippen LogP contribution in [0.2, 0.25) is 0 Å². The standard InChI is InChI=1S/C35H41N3O5S/c1-22-31(25-10-6-7-11-27(25)36-22)32-26(34(32,2)3)20-30(39)38(21-24-9-8-16-43-24)35(14-17-44-18-15-35)33(40)37-28-13-12-23(41-4)19-29(28)42-5/h6-13,16,19,26,32,36H,14-15,17-18,20-21H2,1-5H3,(H,37,40)/t26-,32-/m0/s1. The molecule has 1 aliphatic heterocycles. The van der Waals surface area contributed by atoms with E-state index in [1.807, 2.05) is 34.9 Å². The number of ether oxygens (including phenoxy) is 2. The largest absolute Gasteiger partial charge is 0.497 e. The van der Waals surface area contributed by atoms with Crippen LogP contribution in [0.4, 0.5) is 5.69 Å². The number of anilines is 1. The van der Waals surface area contributed by atoms with Crippen LogP contribution in [0, 0.1) is 18.3 Å². The molecule has 2 amide bonds. The topological polar surface area (TPSA) is 96.8 Å². The van der Waals surface area contributed by atoms with Gasteiger partial charge in [0.1, 0.15) is 22.8 Å². The first-order chi connectivity index (χ1) is 21.2. The Hall–Kier alpha value is -3.85. The number of carbonyl (C=O) groups excluding carboxylic acids is 2. The number of methoxy groups -OCH3 is 2. The lowest BCUT2D eigenvalue weighted by atomic mass is 9.87. The minimum atomic E-state index is -1.04. The predicted molar refractivity (Wildman–Crippen MR) is 174 cm³/mol. The van der Waals surface area contributed by atoms with Crippen LogP contribution in [0.5, 0.6) is 11.5 Å². The van der Waals surface area contributed by atoms with E-state index in [-0.39, 0.29) is 35.6 Å². The van der Waals surface area contributed by atoms with Gasteiger partial charge in [-0.25, -0.2) is 0 Å². The highest BCUT2D eigenvalue weighted by Gasteiger charge is 2.60. The second-order valence-corrected chi connectivity index (χ2v) is 13.8. The lowest BCUT2D eigenvalue weighted by molar-refractivity contribution is -0.148. The average Bonchev–Trinajstić information content (AvgIpc) is 3.40. The number of amides is 2. The Labute approximate surface area is 262 Å². The fraction of sp³-hybridized carbons (Fsp3) is 0.429. The Kier molecular flexibility index (Phi) is 8.18. The lowest BCUT2D eigenvalue weighted by Gasteiger charge is -2.44. The van der Waals surface area contributed by atoms with E-state index in [1.54, 1.807) is 38.7 Å². The molecule has 2 atom stereocenters. The highest BCUT2D eigenvalue weighted by molar-refractivity contribution is 7.99. The molecule has 1 saturated heterocycles. The zero-order valence-electron chi connectivity index (χ0n) is 26.1. The summed E-state index contributed by atoms with van der Waals surface area (Å²) in [5, 5.41) is 4.35. The van der Waals surface area contributed by atoms with Crippen molar-refractivity contribution in [3.05, 3.63) is 77.9 Å². The Balaban J connectivity index is 1.33. The second-order valence-electron chi connectivity index (χ2n) is 12.5. The molecule has 2 aliphatic rings. The minimum Gasteiger partial charge on any atom is -0.497 e. The van der Waals surface area contributed by atoms with Crippen LogP contribution in [0.15, 0.2) is 65.3 Å². The van der Waals surface area contributed by atoms with Crippen molar-refractivity contribution in [2.24, 2.45) is 11.3 Å². The van der Waals surface area contributed by atoms with E-state index in [0.29, 0.717) is 42.2 Å². The molecular weight excluding hydrogens is 574 g/mol. The van der Waals surface area contributed by atoms with Gasteiger partial charge in [0.05, 0.1) is 32.7 Å². The normalized spacial score (nSPS) is 20.2. The van der Waals surface area contributed by atoms with Gasteiger partial charge >= 0.3 is 0 Å². The maximum Gasteiger partial charge on any atom is 0.250 e. The summed E-state index contributed by atoms with van der Waals surface area (Å²) in [4.78, 5) is 34.4. The maximum absolute atomic E-state index is 14.6. The Morgan fingerprint density at radius 1 is 1.07 bits per heavy atom. The van der Waals surface area contributed by atoms with Gasteiger partial charge in [0.2, 0.25) is 5.91 Å². The molecule has 0 radical (unpaired) electrons.